The highest BCUT2D eigenvalue weighted by Gasteiger charge is 2.19. The Bertz CT molecular complexity index is 367. The molecule has 0 amide bonds. The maximum Gasteiger partial charge on any atom is 0.110 e. The van der Waals surface area contributed by atoms with Crippen LogP contribution >= 0.6 is 32.2 Å². The number of rotatable bonds is 2. The number of halogens is 1. The second-order valence-corrected chi connectivity index (χ2v) is 5.27. The summed E-state index contributed by atoms with van der Waals surface area (Å²) in [4.78, 5) is 6.78. The highest BCUT2D eigenvalue weighted by Crippen LogP contribution is 2.21. The molecule has 2 rings (SSSR count). The van der Waals surface area contributed by atoms with Gasteiger partial charge in [-0.2, -0.15) is 0 Å². The van der Waals surface area contributed by atoms with E-state index in [1.165, 1.54) is 11.0 Å². The molecule has 1 fully saturated rings. The van der Waals surface area contributed by atoms with Crippen LogP contribution in [0, 0.1) is 6.92 Å². The number of hydrogen-bond acceptors (Lipinski definition) is 3. The van der Waals surface area contributed by atoms with E-state index in [-0.39, 0.29) is 0 Å². The van der Waals surface area contributed by atoms with Gasteiger partial charge in [-0.1, -0.05) is 0 Å². The highest BCUT2D eigenvalue weighted by atomic mass is 127. The summed E-state index contributed by atoms with van der Waals surface area (Å²) in [6.45, 7) is 4.15. The molecule has 0 N–H and O–H groups in total. The third-order valence-electron chi connectivity index (χ3n) is 3.04. The van der Waals surface area contributed by atoms with Crippen molar-refractivity contribution in [2.45, 2.75) is 25.9 Å². The number of pyridine rings is 1. The second-order valence-electron chi connectivity index (χ2n) is 4.14. The molecule has 2 heterocycles. The Labute approximate surface area is 113 Å². The van der Waals surface area contributed by atoms with Gasteiger partial charge in [0.2, 0.25) is 0 Å². The van der Waals surface area contributed by atoms with Crippen molar-refractivity contribution in [3.05, 3.63) is 18.0 Å². The van der Waals surface area contributed by atoms with Crippen molar-refractivity contribution >= 4 is 43.2 Å². The molecule has 1 saturated heterocycles. The van der Waals surface area contributed by atoms with E-state index < -0.39 is 0 Å². The number of anilines is 1. The number of hydrogen-bond donors (Lipinski definition) is 0. The van der Waals surface area contributed by atoms with Crippen LogP contribution in [0.5, 0.6) is 0 Å². The minimum absolute atomic E-state index is 0.422. The number of aromatic nitrogens is 1. The number of nitrogens with zero attached hydrogens (tertiary/aromatic N) is 2. The van der Waals surface area contributed by atoms with E-state index in [1.54, 1.807) is 0 Å². The molecule has 1 aliphatic heterocycles. The maximum absolute atomic E-state index is 5.34. The molecule has 0 aromatic carbocycles. The van der Waals surface area contributed by atoms with Crippen LogP contribution in [0.3, 0.4) is 0 Å². The molecule has 16 heavy (non-hydrogen) atoms. The van der Waals surface area contributed by atoms with Crippen molar-refractivity contribution in [1.29, 1.82) is 0 Å². The van der Waals surface area contributed by atoms with Crippen LogP contribution in [0.4, 0.5) is 5.69 Å². The summed E-state index contributed by atoms with van der Waals surface area (Å²) in [5.74, 6) is 0. The van der Waals surface area contributed by atoms with E-state index in [1.807, 2.05) is 36.1 Å². The molecule has 0 aliphatic carbocycles. The van der Waals surface area contributed by atoms with E-state index >= 15 is 0 Å². The first kappa shape index (κ1) is 12.5. The molecule has 1 unspecified atom stereocenters. The van der Waals surface area contributed by atoms with E-state index in [0.29, 0.717) is 6.10 Å². The summed E-state index contributed by atoms with van der Waals surface area (Å²) in [5, 5.41) is 1.18. The summed E-state index contributed by atoms with van der Waals surface area (Å²) in [6, 6.07) is 2.19. The minimum atomic E-state index is 0.422. The van der Waals surface area contributed by atoms with Gasteiger partial charge in [-0.3, -0.25) is 4.98 Å². The van der Waals surface area contributed by atoms with Gasteiger partial charge in [-0.25, -0.2) is 0 Å². The Kier molecular flexibility index (Phi) is 4.39. The Balaban J connectivity index is 2.05. The second kappa shape index (κ2) is 5.61. The van der Waals surface area contributed by atoms with Crippen molar-refractivity contribution < 1.29 is 3.07 Å². The molecule has 0 saturated carbocycles. The molecule has 3 nitrogen and oxygen atoms in total. The van der Waals surface area contributed by atoms with Crippen LogP contribution in [0.15, 0.2) is 12.3 Å². The fourth-order valence-corrected chi connectivity index (χ4v) is 2.67. The van der Waals surface area contributed by atoms with Gasteiger partial charge in [0.15, 0.2) is 0 Å². The lowest BCUT2D eigenvalue weighted by Crippen LogP contribution is -2.36. The monoisotopic (exact) mass is 350 g/mol. The van der Waals surface area contributed by atoms with Crippen LogP contribution in [0.1, 0.15) is 18.5 Å². The third kappa shape index (κ3) is 2.84. The molecule has 0 spiro atoms. The molecule has 1 aliphatic rings. The summed E-state index contributed by atoms with van der Waals surface area (Å²) in [6.07, 6.45) is 4.59. The first-order valence-corrected chi connectivity index (χ1v) is 6.91. The standard InChI is InChI=1S/C11H16IN2OP/c1-8-11(16)6-9(7-13-8)14-4-2-10(15-12)3-5-14/h6-7,10H,2-5,16H2,1H3. The quantitative estimate of drug-likeness (QED) is 0.604. The zero-order valence-electron chi connectivity index (χ0n) is 9.32. The van der Waals surface area contributed by atoms with Gasteiger partial charge in [0.1, 0.15) is 23.0 Å². The molecule has 1 aromatic rings. The van der Waals surface area contributed by atoms with Crippen molar-refractivity contribution in [2.75, 3.05) is 18.0 Å². The lowest BCUT2D eigenvalue weighted by Gasteiger charge is -2.32. The minimum Gasteiger partial charge on any atom is -0.370 e. The average Bonchev–Trinajstić information content (AvgIpc) is 2.33. The lowest BCUT2D eigenvalue weighted by molar-refractivity contribution is 0.237. The summed E-state index contributed by atoms with van der Waals surface area (Å²) in [7, 11) is 2.74. The molecule has 88 valence electrons. The summed E-state index contributed by atoms with van der Waals surface area (Å²) in [5.41, 5.74) is 2.31. The molecule has 5 heteroatoms. The van der Waals surface area contributed by atoms with E-state index in [4.69, 9.17) is 3.07 Å². The largest absolute Gasteiger partial charge is 0.370 e. The van der Waals surface area contributed by atoms with E-state index in [2.05, 4.69) is 25.2 Å². The lowest BCUT2D eigenvalue weighted by atomic mass is 10.1. The van der Waals surface area contributed by atoms with Gasteiger partial charge in [0.05, 0.1) is 18.0 Å². The topological polar surface area (TPSA) is 25.4 Å². The fraction of sp³-hybridized carbons (Fsp3) is 0.545. The van der Waals surface area contributed by atoms with Crippen LogP contribution in [0.25, 0.3) is 0 Å². The van der Waals surface area contributed by atoms with Crippen molar-refractivity contribution in [1.82, 2.24) is 4.98 Å². The zero-order chi connectivity index (χ0) is 11.5. The molecule has 0 bridgehead atoms. The molecular formula is C11H16IN2OP. The van der Waals surface area contributed by atoms with Crippen LogP contribution in [-0.2, 0) is 3.07 Å². The maximum atomic E-state index is 5.34. The first-order chi connectivity index (χ1) is 7.70. The molecule has 0 radical (unpaired) electrons. The normalized spacial score (nSPS) is 17.8. The van der Waals surface area contributed by atoms with Crippen LogP contribution < -0.4 is 10.2 Å². The Morgan fingerprint density at radius 1 is 1.50 bits per heavy atom. The van der Waals surface area contributed by atoms with Crippen molar-refractivity contribution in [2.24, 2.45) is 0 Å². The van der Waals surface area contributed by atoms with Gasteiger partial charge in [0.25, 0.3) is 0 Å². The van der Waals surface area contributed by atoms with E-state index in [0.717, 1.165) is 31.6 Å². The Hall–Kier alpha value is 0.0700. The van der Waals surface area contributed by atoms with Crippen molar-refractivity contribution in [3.8, 4) is 0 Å². The Morgan fingerprint density at radius 3 is 2.75 bits per heavy atom. The average molecular weight is 350 g/mol. The smallest absolute Gasteiger partial charge is 0.110 e. The predicted octanol–water partition coefficient (Wildman–Crippen LogP) is 2.23. The molecule has 1 atom stereocenters. The van der Waals surface area contributed by atoms with Gasteiger partial charge < -0.3 is 7.97 Å². The first-order valence-electron chi connectivity index (χ1n) is 5.45. The third-order valence-corrected chi connectivity index (χ3v) is 4.35. The van der Waals surface area contributed by atoms with E-state index in [9.17, 15) is 0 Å². The van der Waals surface area contributed by atoms with Crippen LogP contribution in [-0.4, -0.2) is 24.2 Å². The Morgan fingerprint density at radius 2 is 2.19 bits per heavy atom. The highest BCUT2D eigenvalue weighted by molar-refractivity contribution is 14.1. The van der Waals surface area contributed by atoms with Gasteiger partial charge >= 0.3 is 0 Å². The van der Waals surface area contributed by atoms with Gasteiger partial charge in [-0.15, -0.1) is 9.24 Å². The predicted molar refractivity (Wildman–Crippen MR) is 78.7 cm³/mol. The SMILES string of the molecule is Cc1ncc(N2CCC(OI)CC2)cc1P. The van der Waals surface area contributed by atoms with Crippen molar-refractivity contribution in [3.63, 3.8) is 0 Å². The zero-order valence-corrected chi connectivity index (χ0v) is 12.6. The molecular weight excluding hydrogens is 334 g/mol. The summed E-state index contributed by atoms with van der Waals surface area (Å²) >= 11 is 2.00. The summed E-state index contributed by atoms with van der Waals surface area (Å²) < 4.78 is 5.34. The number of aryl methyl sites for hydroxylation is 1. The number of piperidine rings is 1. The van der Waals surface area contributed by atoms with Crippen LogP contribution in [0.2, 0.25) is 0 Å². The molecule has 1 aromatic heterocycles. The fourth-order valence-electron chi connectivity index (χ4n) is 1.91. The van der Waals surface area contributed by atoms with Gasteiger partial charge in [0, 0.05) is 18.8 Å². The van der Waals surface area contributed by atoms with Gasteiger partial charge in [-0.05, 0) is 31.1 Å².